The molecule has 4 heterocycles. The summed E-state index contributed by atoms with van der Waals surface area (Å²) in [5.41, 5.74) is 7.07. The van der Waals surface area contributed by atoms with Gasteiger partial charge in [-0.2, -0.15) is 10.4 Å². The van der Waals surface area contributed by atoms with E-state index in [0.29, 0.717) is 12.1 Å². The number of benzene rings is 2. The van der Waals surface area contributed by atoms with Gasteiger partial charge in [0.15, 0.2) is 5.65 Å². The maximum absolute atomic E-state index is 11.6. The topological polar surface area (TPSA) is 120 Å². The summed E-state index contributed by atoms with van der Waals surface area (Å²) in [5, 5.41) is 13.5. The van der Waals surface area contributed by atoms with Crippen molar-refractivity contribution >= 4 is 16.7 Å². The van der Waals surface area contributed by atoms with Gasteiger partial charge in [-0.1, -0.05) is 18.2 Å². The van der Waals surface area contributed by atoms with Crippen LogP contribution in [0.5, 0.6) is 0 Å². The van der Waals surface area contributed by atoms with E-state index < -0.39 is 0 Å². The molecule has 6 aromatic rings. The van der Waals surface area contributed by atoms with Crippen LogP contribution in [0.25, 0.3) is 39.3 Å². The van der Waals surface area contributed by atoms with Crippen LogP contribution >= 0.6 is 0 Å². The molecular weight excluding hydrogens is 416 g/mol. The minimum absolute atomic E-state index is 0.234. The standard InChI is InChI=1S/C24H16N8O/c25-10-15-1-3-16(4-2-15)13-32-21(7-8-28-32)20-14-31-22(11-27-23(31)12-26-20)17-5-6-18-19(9-17)30-24(33)29-18/h1-9,11-12,14H,13H2,(H2,29,30,33). The van der Waals surface area contributed by atoms with Crippen molar-refractivity contribution in [2.75, 3.05) is 0 Å². The number of nitriles is 1. The van der Waals surface area contributed by atoms with E-state index in [1.165, 1.54) is 0 Å². The van der Waals surface area contributed by atoms with Gasteiger partial charge in [0.2, 0.25) is 0 Å². The molecule has 4 aromatic heterocycles. The summed E-state index contributed by atoms with van der Waals surface area (Å²) in [6.07, 6.45) is 7.21. The molecule has 9 heteroatoms. The van der Waals surface area contributed by atoms with Crippen LogP contribution in [0.1, 0.15) is 11.1 Å². The molecule has 0 amide bonds. The van der Waals surface area contributed by atoms with Crippen molar-refractivity contribution in [1.29, 1.82) is 5.26 Å². The molecule has 0 radical (unpaired) electrons. The smallest absolute Gasteiger partial charge is 0.306 e. The van der Waals surface area contributed by atoms with Gasteiger partial charge in [0.05, 0.1) is 53.0 Å². The summed E-state index contributed by atoms with van der Waals surface area (Å²) < 4.78 is 3.86. The van der Waals surface area contributed by atoms with Gasteiger partial charge < -0.3 is 9.97 Å². The summed E-state index contributed by atoms with van der Waals surface area (Å²) >= 11 is 0. The lowest BCUT2D eigenvalue weighted by Crippen LogP contribution is -2.05. The Kier molecular flexibility index (Phi) is 4.16. The number of aromatic amines is 2. The van der Waals surface area contributed by atoms with Gasteiger partial charge in [-0.05, 0) is 35.9 Å². The minimum atomic E-state index is -0.234. The molecule has 0 unspecified atom stereocenters. The molecular formula is C24H16N8O. The van der Waals surface area contributed by atoms with Gasteiger partial charge in [-0.3, -0.25) is 9.08 Å². The van der Waals surface area contributed by atoms with Crippen molar-refractivity contribution in [1.82, 2.24) is 34.1 Å². The maximum Gasteiger partial charge on any atom is 0.323 e. The highest BCUT2D eigenvalue weighted by molar-refractivity contribution is 5.81. The third-order valence-corrected chi connectivity index (χ3v) is 5.60. The quantitative estimate of drug-likeness (QED) is 0.443. The Hall–Kier alpha value is -4.97. The average molecular weight is 432 g/mol. The third-order valence-electron chi connectivity index (χ3n) is 5.60. The maximum atomic E-state index is 11.6. The second-order valence-corrected chi connectivity index (χ2v) is 7.67. The molecule has 2 N–H and O–H groups in total. The molecule has 33 heavy (non-hydrogen) atoms. The number of H-pyrrole nitrogens is 2. The van der Waals surface area contributed by atoms with Crippen LogP contribution in [-0.2, 0) is 6.54 Å². The lowest BCUT2D eigenvalue weighted by Gasteiger charge is -2.09. The number of imidazole rings is 2. The normalized spacial score (nSPS) is 11.2. The molecule has 0 saturated carbocycles. The van der Waals surface area contributed by atoms with Crippen molar-refractivity contribution in [2.24, 2.45) is 0 Å². The highest BCUT2D eigenvalue weighted by Crippen LogP contribution is 2.25. The fourth-order valence-corrected chi connectivity index (χ4v) is 3.96. The summed E-state index contributed by atoms with van der Waals surface area (Å²) in [7, 11) is 0. The molecule has 158 valence electrons. The SMILES string of the molecule is N#Cc1ccc(Cn2nccc2-c2cn3c(-c4ccc5[nH]c(=O)[nH]c5c4)cnc3cn2)cc1. The van der Waals surface area contributed by atoms with Crippen LogP contribution in [0.3, 0.4) is 0 Å². The van der Waals surface area contributed by atoms with Crippen molar-refractivity contribution in [3.05, 3.63) is 94.9 Å². The molecule has 0 aliphatic heterocycles. The zero-order chi connectivity index (χ0) is 22.4. The molecule has 0 bridgehead atoms. The Bertz CT molecular complexity index is 1730. The molecule has 0 spiro atoms. The first-order valence-corrected chi connectivity index (χ1v) is 10.2. The summed E-state index contributed by atoms with van der Waals surface area (Å²) in [6.45, 7) is 0.558. The van der Waals surface area contributed by atoms with E-state index in [-0.39, 0.29) is 5.69 Å². The molecule has 0 saturated heterocycles. The van der Waals surface area contributed by atoms with E-state index in [1.807, 2.05) is 51.7 Å². The van der Waals surface area contributed by atoms with Crippen LogP contribution < -0.4 is 5.69 Å². The molecule has 0 aliphatic rings. The van der Waals surface area contributed by atoms with Gasteiger partial charge in [0, 0.05) is 18.0 Å². The Morgan fingerprint density at radius 2 is 1.79 bits per heavy atom. The van der Waals surface area contributed by atoms with Crippen molar-refractivity contribution < 1.29 is 0 Å². The van der Waals surface area contributed by atoms with Gasteiger partial charge in [0.1, 0.15) is 5.69 Å². The zero-order valence-corrected chi connectivity index (χ0v) is 17.2. The number of hydrogen-bond donors (Lipinski definition) is 2. The van der Waals surface area contributed by atoms with Gasteiger partial charge in [-0.15, -0.1) is 0 Å². The van der Waals surface area contributed by atoms with Gasteiger partial charge in [0.25, 0.3) is 0 Å². The fourth-order valence-electron chi connectivity index (χ4n) is 3.96. The van der Waals surface area contributed by atoms with E-state index in [9.17, 15) is 4.79 Å². The molecule has 0 fully saturated rings. The average Bonchev–Trinajstić information content (AvgIpc) is 3.56. The van der Waals surface area contributed by atoms with Crippen LogP contribution in [-0.4, -0.2) is 34.1 Å². The van der Waals surface area contributed by atoms with Crippen molar-refractivity contribution in [3.8, 4) is 28.7 Å². The third kappa shape index (κ3) is 3.26. The highest BCUT2D eigenvalue weighted by Gasteiger charge is 2.13. The predicted octanol–water partition coefficient (Wildman–Crippen LogP) is 3.35. The van der Waals surface area contributed by atoms with E-state index in [4.69, 9.17) is 5.26 Å². The predicted molar refractivity (Wildman–Crippen MR) is 122 cm³/mol. The monoisotopic (exact) mass is 432 g/mol. The van der Waals surface area contributed by atoms with Crippen LogP contribution in [0.2, 0.25) is 0 Å². The van der Waals surface area contributed by atoms with Crippen LogP contribution in [0.4, 0.5) is 0 Å². The Labute approximate surface area is 186 Å². The molecule has 2 aromatic carbocycles. The van der Waals surface area contributed by atoms with E-state index in [2.05, 4.69) is 31.1 Å². The number of nitrogens with one attached hydrogen (secondary N) is 2. The first kappa shape index (κ1) is 18.8. The first-order chi connectivity index (χ1) is 16.2. The van der Waals surface area contributed by atoms with E-state index >= 15 is 0 Å². The van der Waals surface area contributed by atoms with E-state index in [1.54, 1.807) is 30.7 Å². The first-order valence-electron chi connectivity index (χ1n) is 10.2. The number of aromatic nitrogens is 7. The van der Waals surface area contributed by atoms with Crippen molar-refractivity contribution in [2.45, 2.75) is 6.54 Å². The zero-order valence-electron chi connectivity index (χ0n) is 17.2. The Morgan fingerprint density at radius 3 is 2.64 bits per heavy atom. The molecule has 0 aliphatic carbocycles. The van der Waals surface area contributed by atoms with Crippen molar-refractivity contribution in [3.63, 3.8) is 0 Å². The molecule has 6 rings (SSSR count). The largest absolute Gasteiger partial charge is 0.323 e. The summed E-state index contributed by atoms with van der Waals surface area (Å²) in [5.74, 6) is 0. The number of nitrogens with zero attached hydrogens (tertiary/aromatic N) is 6. The van der Waals surface area contributed by atoms with Gasteiger partial charge in [-0.25, -0.2) is 14.8 Å². The lowest BCUT2D eigenvalue weighted by molar-refractivity contribution is 0.692. The Morgan fingerprint density at radius 1 is 0.939 bits per heavy atom. The van der Waals surface area contributed by atoms with E-state index in [0.717, 1.165) is 44.9 Å². The molecule has 9 nitrogen and oxygen atoms in total. The summed E-state index contributed by atoms with van der Waals surface area (Å²) in [4.78, 5) is 26.2. The number of fused-ring (bicyclic) bond motifs is 2. The minimum Gasteiger partial charge on any atom is -0.306 e. The molecule has 0 atom stereocenters. The van der Waals surface area contributed by atoms with Gasteiger partial charge >= 0.3 is 5.69 Å². The second kappa shape index (κ2) is 7.32. The fraction of sp³-hybridized carbons (Fsp3) is 0.0417. The number of hydrogen-bond acceptors (Lipinski definition) is 5. The summed E-state index contributed by atoms with van der Waals surface area (Å²) in [6, 6.07) is 17.3. The second-order valence-electron chi connectivity index (χ2n) is 7.67. The van der Waals surface area contributed by atoms with Crippen LogP contribution in [0, 0.1) is 11.3 Å². The number of rotatable bonds is 4. The van der Waals surface area contributed by atoms with Crippen LogP contribution in [0.15, 0.2) is 78.1 Å². The lowest BCUT2D eigenvalue weighted by atomic mass is 10.1. The highest BCUT2D eigenvalue weighted by atomic mass is 16.1. The Balaban J connectivity index is 1.40.